The first-order valence-corrected chi connectivity index (χ1v) is 7.36. The van der Waals surface area contributed by atoms with Gasteiger partial charge in [0.05, 0.1) is 6.54 Å². The second-order valence-electron chi connectivity index (χ2n) is 6.00. The number of piperazine rings is 1. The Bertz CT molecular complexity index is 349. The highest BCUT2D eigenvalue weighted by molar-refractivity contribution is 5.85. The van der Waals surface area contributed by atoms with E-state index in [-0.39, 0.29) is 30.3 Å². The molecule has 1 atom stereocenters. The van der Waals surface area contributed by atoms with Gasteiger partial charge in [-0.05, 0) is 18.8 Å². The zero-order valence-corrected chi connectivity index (χ0v) is 13.2. The van der Waals surface area contributed by atoms with Crippen LogP contribution in [0.15, 0.2) is 0 Å². The largest absolute Gasteiger partial charge is 0.341 e. The highest BCUT2D eigenvalue weighted by Gasteiger charge is 2.31. The van der Waals surface area contributed by atoms with E-state index < -0.39 is 0 Å². The molecule has 1 unspecified atom stereocenters. The van der Waals surface area contributed by atoms with Gasteiger partial charge < -0.3 is 15.1 Å². The summed E-state index contributed by atoms with van der Waals surface area (Å²) in [6.07, 6.45) is 2.64. The lowest BCUT2D eigenvalue weighted by molar-refractivity contribution is -0.140. The fourth-order valence-corrected chi connectivity index (χ4v) is 2.92. The molecule has 0 saturated carbocycles. The molecular weight excluding hydrogens is 278 g/mol. The summed E-state index contributed by atoms with van der Waals surface area (Å²) in [6.45, 7) is 7.78. The molecule has 20 heavy (non-hydrogen) atoms. The molecule has 2 saturated heterocycles. The molecule has 0 spiro atoms. The lowest BCUT2D eigenvalue weighted by Gasteiger charge is -2.41. The molecule has 2 aliphatic rings. The Morgan fingerprint density at radius 1 is 1.40 bits per heavy atom. The van der Waals surface area contributed by atoms with Crippen LogP contribution in [0.5, 0.6) is 0 Å². The molecule has 1 N–H and O–H groups in total. The van der Waals surface area contributed by atoms with Crippen LogP contribution in [0.4, 0.5) is 0 Å². The van der Waals surface area contributed by atoms with E-state index in [9.17, 15) is 9.59 Å². The first-order valence-electron chi connectivity index (χ1n) is 7.36. The van der Waals surface area contributed by atoms with Crippen molar-refractivity contribution in [1.82, 2.24) is 15.1 Å². The van der Waals surface area contributed by atoms with E-state index in [0.717, 1.165) is 39.0 Å². The number of hydrogen-bond donors (Lipinski definition) is 1. The number of carbonyl (C=O) groups is 2. The standard InChI is InChI=1S/C14H25N3O2.ClH/c1-11(2)8-13(18)16-6-3-4-12(10-16)17-7-5-15-9-14(17)19;/h11-12,15H,3-10H2,1-2H3;1H. The van der Waals surface area contributed by atoms with Crippen LogP contribution in [0.1, 0.15) is 33.1 Å². The molecule has 0 aromatic carbocycles. The number of hydrogen-bond acceptors (Lipinski definition) is 3. The van der Waals surface area contributed by atoms with Crippen LogP contribution in [0, 0.1) is 5.92 Å². The van der Waals surface area contributed by atoms with E-state index in [1.807, 2.05) is 9.80 Å². The fourth-order valence-electron chi connectivity index (χ4n) is 2.92. The minimum absolute atomic E-state index is 0. The Labute approximate surface area is 127 Å². The van der Waals surface area contributed by atoms with E-state index in [1.54, 1.807) is 0 Å². The van der Waals surface area contributed by atoms with Crippen molar-refractivity contribution in [3.63, 3.8) is 0 Å². The van der Waals surface area contributed by atoms with Gasteiger partial charge in [0, 0.05) is 38.6 Å². The van der Waals surface area contributed by atoms with Crippen LogP contribution >= 0.6 is 12.4 Å². The summed E-state index contributed by atoms with van der Waals surface area (Å²) in [7, 11) is 0. The molecule has 2 amide bonds. The van der Waals surface area contributed by atoms with Gasteiger partial charge in [0.15, 0.2) is 0 Å². The predicted octanol–water partition coefficient (Wildman–Crippen LogP) is 0.877. The number of nitrogens with one attached hydrogen (secondary N) is 1. The number of piperidine rings is 1. The van der Waals surface area contributed by atoms with Crippen molar-refractivity contribution in [3.05, 3.63) is 0 Å². The molecule has 0 radical (unpaired) electrons. The zero-order valence-electron chi connectivity index (χ0n) is 12.4. The summed E-state index contributed by atoms with van der Waals surface area (Å²) in [4.78, 5) is 27.9. The van der Waals surface area contributed by atoms with Gasteiger partial charge in [-0.1, -0.05) is 13.8 Å². The van der Waals surface area contributed by atoms with Gasteiger partial charge in [0.25, 0.3) is 0 Å². The Balaban J connectivity index is 0.00000200. The third-order valence-corrected chi connectivity index (χ3v) is 3.90. The highest BCUT2D eigenvalue weighted by Crippen LogP contribution is 2.18. The lowest BCUT2D eigenvalue weighted by atomic mass is 10.0. The molecule has 116 valence electrons. The fraction of sp³-hybridized carbons (Fsp3) is 0.857. The van der Waals surface area contributed by atoms with Crippen molar-refractivity contribution in [3.8, 4) is 0 Å². The van der Waals surface area contributed by atoms with Crippen LogP contribution in [0.2, 0.25) is 0 Å². The van der Waals surface area contributed by atoms with Gasteiger partial charge in [-0.3, -0.25) is 9.59 Å². The second kappa shape index (κ2) is 7.84. The quantitative estimate of drug-likeness (QED) is 0.842. The Hall–Kier alpha value is -0.810. The van der Waals surface area contributed by atoms with E-state index in [1.165, 1.54) is 0 Å². The first kappa shape index (κ1) is 17.2. The third-order valence-electron chi connectivity index (χ3n) is 3.90. The molecule has 0 aliphatic carbocycles. The van der Waals surface area contributed by atoms with E-state index in [4.69, 9.17) is 0 Å². The molecule has 2 aliphatic heterocycles. The van der Waals surface area contributed by atoms with Crippen LogP contribution in [0.25, 0.3) is 0 Å². The van der Waals surface area contributed by atoms with Gasteiger partial charge in [0.1, 0.15) is 0 Å². The summed E-state index contributed by atoms with van der Waals surface area (Å²) in [6, 6.07) is 0.222. The second-order valence-corrected chi connectivity index (χ2v) is 6.00. The minimum Gasteiger partial charge on any atom is -0.341 e. The molecule has 2 rings (SSSR count). The van der Waals surface area contributed by atoms with E-state index in [0.29, 0.717) is 18.9 Å². The highest BCUT2D eigenvalue weighted by atomic mass is 35.5. The maximum absolute atomic E-state index is 12.1. The van der Waals surface area contributed by atoms with Gasteiger partial charge in [-0.25, -0.2) is 0 Å². The molecule has 0 aromatic heterocycles. The third kappa shape index (κ3) is 4.35. The van der Waals surface area contributed by atoms with Gasteiger partial charge in [-0.15, -0.1) is 12.4 Å². The van der Waals surface area contributed by atoms with Crippen molar-refractivity contribution in [2.45, 2.75) is 39.2 Å². The van der Waals surface area contributed by atoms with Crippen molar-refractivity contribution in [2.75, 3.05) is 32.7 Å². The number of amides is 2. The van der Waals surface area contributed by atoms with Crippen molar-refractivity contribution < 1.29 is 9.59 Å². The van der Waals surface area contributed by atoms with Crippen molar-refractivity contribution >= 4 is 24.2 Å². The lowest BCUT2D eigenvalue weighted by Crippen LogP contribution is -2.57. The molecule has 0 aromatic rings. The topological polar surface area (TPSA) is 52.7 Å². The normalized spacial score (nSPS) is 23.8. The van der Waals surface area contributed by atoms with Gasteiger partial charge in [-0.2, -0.15) is 0 Å². The van der Waals surface area contributed by atoms with Gasteiger partial charge in [0.2, 0.25) is 11.8 Å². The molecule has 2 fully saturated rings. The number of rotatable bonds is 3. The molecule has 5 nitrogen and oxygen atoms in total. The SMILES string of the molecule is CC(C)CC(=O)N1CCCC(N2CCNCC2=O)C1.Cl. The number of halogens is 1. The Morgan fingerprint density at radius 2 is 2.15 bits per heavy atom. The monoisotopic (exact) mass is 303 g/mol. The van der Waals surface area contributed by atoms with Crippen LogP contribution in [-0.2, 0) is 9.59 Å². The number of nitrogens with zero attached hydrogens (tertiary/aromatic N) is 2. The maximum Gasteiger partial charge on any atom is 0.236 e. The first-order chi connectivity index (χ1) is 9.08. The molecular formula is C14H26ClN3O2. The predicted molar refractivity (Wildman–Crippen MR) is 80.9 cm³/mol. The van der Waals surface area contributed by atoms with Crippen LogP contribution in [-0.4, -0.2) is 60.4 Å². The zero-order chi connectivity index (χ0) is 13.8. The average molecular weight is 304 g/mol. The van der Waals surface area contributed by atoms with E-state index >= 15 is 0 Å². The van der Waals surface area contributed by atoms with Crippen molar-refractivity contribution in [2.24, 2.45) is 5.92 Å². The van der Waals surface area contributed by atoms with Gasteiger partial charge >= 0.3 is 0 Å². The molecule has 2 heterocycles. The maximum atomic E-state index is 12.1. The smallest absolute Gasteiger partial charge is 0.236 e. The summed E-state index contributed by atoms with van der Waals surface area (Å²) in [5.74, 6) is 0.811. The van der Waals surface area contributed by atoms with E-state index in [2.05, 4.69) is 19.2 Å². The average Bonchev–Trinajstić information content (AvgIpc) is 2.38. The minimum atomic E-state index is 0. The summed E-state index contributed by atoms with van der Waals surface area (Å²) < 4.78 is 0. The molecule has 6 heteroatoms. The van der Waals surface area contributed by atoms with Crippen LogP contribution in [0.3, 0.4) is 0 Å². The Morgan fingerprint density at radius 3 is 2.80 bits per heavy atom. The summed E-state index contributed by atoms with van der Waals surface area (Å²) in [5, 5.41) is 3.09. The number of likely N-dealkylation sites (tertiary alicyclic amines) is 1. The van der Waals surface area contributed by atoms with Crippen LogP contribution < -0.4 is 5.32 Å². The number of carbonyl (C=O) groups excluding carboxylic acids is 2. The Kier molecular flexibility index (Phi) is 6.76. The van der Waals surface area contributed by atoms with Crippen molar-refractivity contribution in [1.29, 1.82) is 0 Å². The summed E-state index contributed by atoms with van der Waals surface area (Å²) in [5.41, 5.74) is 0. The molecule has 0 bridgehead atoms. The summed E-state index contributed by atoms with van der Waals surface area (Å²) >= 11 is 0.